The Kier molecular flexibility index (Phi) is 2.64. The summed E-state index contributed by atoms with van der Waals surface area (Å²) in [7, 11) is 0. The molecule has 0 saturated heterocycles. The smallest absolute Gasteiger partial charge is 0.150 e. The lowest BCUT2D eigenvalue weighted by Gasteiger charge is -2.03. The van der Waals surface area contributed by atoms with Gasteiger partial charge in [-0.15, -0.1) is 0 Å². The lowest BCUT2D eigenvalue weighted by Crippen LogP contribution is -1.97. The first-order valence-electron chi connectivity index (χ1n) is 4.38. The Morgan fingerprint density at radius 1 is 1.20 bits per heavy atom. The normalized spacial score (nSPS) is 10.3. The molecule has 2 rings (SSSR count). The van der Waals surface area contributed by atoms with Crippen LogP contribution in [0.3, 0.4) is 0 Å². The van der Waals surface area contributed by atoms with Gasteiger partial charge in [-0.3, -0.25) is 4.98 Å². The molecule has 0 spiro atoms. The van der Waals surface area contributed by atoms with E-state index in [1.807, 2.05) is 19.1 Å². The Balaban J connectivity index is 2.53. The van der Waals surface area contributed by atoms with Crippen molar-refractivity contribution < 1.29 is 0 Å². The summed E-state index contributed by atoms with van der Waals surface area (Å²) in [6, 6.07) is 3.84. The van der Waals surface area contributed by atoms with Crippen molar-refractivity contribution in [3.05, 3.63) is 34.8 Å². The summed E-state index contributed by atoms with van der Waals surface area (Å²) in [5.74, 6) is 0.406. The van der Waals surface area contributed by atoms with Crippen LogP contribution in [-0.2, 0) is 0 Å². The fourth-order valence-corrected chi connectivity index (χ4v) is 1.48. The van der Waals surface area contributed by atoms with Gasteiger partial charge in [0.15, 0.2) is 0 Å². The van der Waals surface area contributed by atoms with Crippen molar-refractivity contribution in [3.63, 3.8) is 0 Å². The van der Waals surface area contributed by atoms with E-state index in [9.17, 15) is 0 Å². The summed E-state index contributed by atoms with van der Waals surface area (Å²) in [5.41, 5.74) is 8.21. The number of nitrogens with two attached hydrogens (primary N) is 1. The second-order valence-corrected chi connectivity index (χ2v) is 3.93. The highest BCUT2D eigenvalue weighted by molar-refractivity contribution is 9.10. The first kappa shape index (κ1) is 10.0. The zero-order chi connectivity index (χ0) is 10.8. The molecule has 2 N–H and O–H groups in total. The molecule has 0 aliphatic rings. The van der Waals surface area contributed by atoms with E-state index in [4.69, 9.17) is 5.73 Å². The minimum absolute atomic E-state index is 0.406. The van der Waals surface area contributed by atoms with E-state index in [1.165, 1.54) is 0 Å². The molecule has 76 valence electrons. The zero-order valence-electron chi connectivity index (χ0n) is 8.11. The van der Waals surface area contributed by atoms with Crippen LogP contribution in [0.25, 0.3) is 11.3 Å². The molecule has 0 bridgehead atoms. The maximum absolute atomic E-state index is 5.74. The molecule has 5 heteroatoms. The van der Waals surface area contributed by atoms with Crippen LogP contribution in [0.5, 0.6) is 0 Å². The summed E-state index contributed by atoms with van der Waals surface area (Å²) in [5, 5.41) is 0. The van der Waals surface area contributed by atoms with Gasteiger partial charge in [-0.1, -0.05) is 0 Å². The van der Waals surface area contributed by atoms with Gasteiger partial charge in [0, 0.05) is 17.5 Å². The van der Waals surface area contributed by atoms with Crippen LogP contribution in [0, 0.1) is 6.92 Å². The SMILES string of the molecule is Cc1ccc(-c2nc(Br)cnc2N)cn1. The first-order valence-corrected chi connectivity index (χ1v) is 5.17. The molecule has 0 amide bonds. The van der Waals surface area contributed by atoms with Crippen LogP contribution < -0.4 is 5.73 Å². The number of hydrogen-bond acceptors (Lipinski definition) is 4. The highest BCUT2D eigenvalue weighted by Gasteiger charge is 2.06. The Morgan fingerprint density at radius 3 is 2.67 bits per heavy atom. The van der Waals surface area contributed by atoms with Crippen LogP contribution >= 0.6 is 15.9 Å². The minimum Gasteiger partial charge on any atom is -0.382 e. The van der Waals surface area contributed by atoms with Gasteiger partial charge in [0.25, 0.3) is 0 Å². The van der Waals surface area contributed by atoms with Gasteiger partial charge < -0.3 is 5.73 Å². The highest BCUT2D eigenvalue weighted by atomic mass is 79.9. The van der Waals surface area contributed by atoms with Gasteiger partial charge in [0.05, 0.1) is 6.20 Å². The average molecular weight is 265 g/mol. The van der Waals surface area contributed by atoms with E-state index in [1.54, 1.807) is 12.4 Å². The third-order valence-electron chi connectivity index (χ3n) is 1.96. The van der Waals surface area contributed by atoms with Crippen molar-refractivity contribution in [2.24, 2.45) is 0 Å². The fourth-order valence-electron chi connectivity index (χ4n) is 1.20. The van der Waals surface area contributed by atoms with E-state index < -0.39 is 0 Å². The predicted octanol–water partition coefficient (Wildman–Crippen LogP) is 2.19. The van der Waals surface area contributed by atoms with Crippen LogP contribution in [0.2, 0.25) is 0 Å². The van der Waals surface area contributed by atoms with Gasteiger partial charge in [0.1, 0.15) is 16.1 Å². The maximum atomic E-state index is 5.74. The third-order valence-corrected chi connectivity index (χ3v) is 2.34. The molecular weight excluding hydrogens is 256 g/mol. The Labute approximate surface area is 95.7 Å². The largest absolute Gasteiger partial charge is 0.382 e. The van der Waals surface area contributed by atoms with Gasteiger partial charge in [0.2, 0.25) is 0 Å². The van der Waals surface area contributed by atoms with Crippen LogP contribution in [-0.4, -0.2) is 15.0 Å². The van der Waals surface area contributed by atoms with Crippen LogP contribution in [0.15, 0.2) is 29.1 Å². The van der Waals surface area contributed by atoms with Crippen molar-refractivity contribution in [3.8, 4) is 11.3 Å². The van der Waals surface area contributed by atoms with Crippen molar-refractivity contribution in [1.29, 1.82) is 0 Å². The molecule has 0 fully saturated rings. The molecule has 2 aromatic rings. The number of halogens is 1. The van der Waals surface area contributed by atoms with E-state index in [2.05, 4.69) is 30.9 Å². The molecule has 0 aliphatic carbocycles. The van der Waals surface area contributed by atoms with Gasteiger partial charge in [-0.2, -0.15) is 0 Å². The second kappa shape index (κ2) is 3.94. The number of rotatable bonds is 1. The summed E-state index contributed by atoms with van der Waals surface area (Å²) in [4.78, 5) is 12.5. The number of aryl methyl sites for hydroxylation is 1. The average Bonchev–Trinajstić information content (AvgIpc) is 2.23. The lowest BCUT2D eigenvalue weighted by atomic mass is 10.2. The number of pyridine rings is 1. The first-order chi connectivity index (χ1) is 7.16. The lowest BCUT2D eigenvalue weighted by molar-refractivity contribution is 1.15. The zero-order valence-corrected chi connectivity index (χ0v) is 9.69. The molecule has 4 nitrogen and oxygen atoms in total. The van der Waals surface area contributed by atoms with E-state index in [-0.39, 0.29) is 0 Å². The van der Waals surface area contributed by atoms with Gasteiger partial charge in [-0.25, -0.2) is 9.97 Å². The molecule has 2 aromatic heterocycles. The Hall–Kier alpha value is -1.49. The summed E-state index contributed by atoms with van der Waals surface area (Å²) in [6.45, 7) is 1.93. The molecule has 0 unspecified atom stereocenters. The number of nitrogens with zero attached hydrogens (tertiary/aromatic N) is 3. The molecule has 2 heterocycles. The summed E-state index contributed by atoms with van der Waals surface area (Å²) < 4.78 is 0.660. The highest BCUT2D eigenvalue weighted by Crippen LogP contribution is 2.22. The summed E-state index contributed by atoms with van der Waals surface area (Å²) in [6.07, 6.45) is 3.31. The standard InChI is InChI=1S/C10H9BrN4/c1-6-2-3-7(4-13-6)9-10(12)14-5-8(11)15-9/h2-5H,1H3,(H2,12,14). The fraction of sp³-hybridized carbons (Fsp3) is 0.100. The van der Waals surface area contributed by atoms with Crippen molar-refractivity contribution in [2.45, 2.75) is 6.92 Å². The van der Waals surface area contributed by atoms with E-state index in [0.29, 0.717) is 16.1 Å². The molecule has 0 radical (unpaired) electrons. The Bertz CT molecular complexity index is 481. The molecule has 0 saturated carbocycles. The van der Waals surface area contributed by atoms with Gasteiger partial charge >= 0.3 is 0 Å². The van der Waals surface area contributed by atoms with Gasteiger partial charge in [-0.05, 0) is 35.0 Å². The molecular formula is C10H9BrN4. The van der Waals surface area contributed by atoms with Crippen molar-refractivity contribution >= 4 is 21.7 Å². The number of hydrogen-bond donors (Lipinski definition) is 1. The number of anilines is 1. The quantitative estimate of drug-likeness (QED) is 0.858. The number of aromatic nitrogens is 3. The monoisotopic (exact) mass is 264 g/mol. The molecule has 0 aliphatic heterocycles. The van der Waals surface area contributed by atoms with Crippen molar-refractivity contribution in [1.82, 2.24) is 15.0 Å². The van der Waals surface area contributed by atoms with Crippen LogP contribution in [0.4, 0.5) is 5.82 Å². The molecule has 0 aromatic carbocycles. The molecule has 15 heavy (non-hydrogen) atoms. The molecule has 0 atom stereocenters. The second-order valence-electron chi connectivity index (χ2n) is 3.11. The third kappa shape index (κ3) is 2.12. The van der Waals surface area contributed by atoms with E-state index in [0.717, 1.165) is 11.3 Å². The topological polar surface area (TPSA) is 64.7 Å². The van der Waals surface area contributed by atoms with E-state index >= 15 is 0 Å². The van der Waals surface area contributed by atoms with Crippen molar-refractivity contribution in [2.75, 3.05) is 5.73 Å². The maximum Gasteiger partial charge on any atom is 0.150 e. The number of nitrogen functional groups attached to an aromatic ring is 1. The predicted molar refractivity (Wildman–Crippen MR) is 62.1 cm³/mol. The van der Waals surface area contributed by atoms with Crippen LogP contribution in [0.1, 0.15) is 5.69 Å². The summed E-state index contributed by atoms with van der Waals surface area (Å²) >= 11 is 3.26. The Morgan fingerprint density at radius 2 is 2.00 bits per heavy atom. The minimum atomic E-state index is 0.406.